The van der Waals surface area contributed by atoms with E-state index in [9.17, 15) is 13.6 Å². The molecule has 26 heavy (non-hydrogen) atoms. The summed E-state index contributed by atoms with van der Waals surface area (Å²) in [6, 6.07) is 1.46. The molecule has 0 aromatic carbocycles. The maximum atomic E-state index is 13.3. The first-order valence-corrected chi connectivity index (χ1v) is 8.88. The van der Waals surface area contributed by atoms with Crippen molar-refractivity contribution in [3.8, 4) is 0 Å². The predicted octanol–water partition coefficient (Wildman–Crippen LogP) is 3.89. The number of hydrogen-bond donors (Lipinski definition) is 1. The zero-order valence-electron chi connectivity index (χ0n) is 15.8. The fourth-order valence-electron chi connectivity index (χ4n) is 3.03. The Morgan fingerprint density at radius 1 is 1.50 bits per heavy atom. The van der Waals surface area contributed by atoms with Gasteiger partial charge in [0.25, 0.3) is 5.92 Å². The fraction of sp³-hybridized carbons (Fsp3) is 0.579. The fourth-order valence-corrected chi connectivity index (χ4v) is 3.03. The van der Waals surface area contributed by atoms with E-state index in [1.165, 1.54) is 6.08 Å². The SMILES string of the molecule is CCOC(=O)/C=C(\C)c1cnc(N(CC(C)C)C2CC(F)(F)C2)c(N)c1. The van der Waals surface area contributed by atoms with E-state index < -0.39 is 11.9 Å². The van der Waals surface area contributed by atoms with E-state index in [2.05, 4.69) is 4.98 Å². The van der Waals surface area contributed by atoms with Crippen LogP contribution in [0.3, 0.4) is 0 Å². The number of halogens is 2. The van der Waals surface area contributed by atoms with Crippen molar-refractivity contribution in [3.05, 3.63) is 23.9 Å². The molecule has 0 atom stereocenters. The molecule has 5 nitrogen and oxygen atoms in total. The second-order valence-corrected chi connectivity index (χ2v) is 7.18. The van der Waals surface area contributed by atoms with Crippen LogP contribution in [-0.2, 0) is 9.53 Å². The van der Waals surface area contributed by atoms with Crippen molar-refractivity contribution in [3.63, 3.8) is 0 Å². The van der Waals surface area contributed by atoms with E-state index in [-0.39, 0.29) is 24.8 Å². The van der Waals surface area contributed by atoms with Crippen molar-refractivity contribution in [1.82, 2.24) is 4.98 Å². The van der Waals surface area contributed by atoms with Crippen LogP contribution in [0.4, 0.5) is 20.3 Å². The number of nitrogens with zero attached hydrogens (tertiary/aromatic N) is 2. The Balaban J connectivity index is 2.24. The summed E-state index contributed by atoms with van der Waals surface area (Å²) in [5.74, 6) is -2.22. The molecule has 144 valence electrons. The summed E-state index contributed by atoms with van der Waals surface area (Å²) < 4.78 is 31.6. The zero-order valence-corrected chi connectivity index (χ0v) is 15.8. The number of carbonyl (C=O) groups is 1. The molecule has 0 bridgehead atoms. The summed E-state index contributed by atoms with van der Waals surface area (Å²) >= 11 is 0. The molecule has 1 heterocycles. The van der Waals surface area contributed by atoms with E-state index in [4.69, 9.17) is 10.5 Å². The molecule has 0 unspecified atom stereocenters. The number of alkyl halides is 2. The van der Waals surface area contributed by atoms with Crippen molar-refractivity contribution in [2.24, 2.45) is 5.92 Å². The summed E-state index contributed by atoms with van der Waals surface area (Å²) in [7, 11) is 0. The van der Waals surface area contributed by atoms with Gasteiger partial charge in [-0.2, -0.15) is 0 Å². The second kappa shape index (κ2) is 8.01. The van der Waals surface area contributed by atoms with Gasteiger partial charge in [0.2, 0.25) is 0 Å². The Hall–Kier alpha value is -2.18. The molecule has 0 aliphatic heterocycles. The lowest BCUT2D eigenvalue weighted by Crippen LogP contribution is -2.52. The number of hydrogen-bond acceptors (Lipinski definition) is 5. The Morgan fingerprint density at radius 2 is 2.15 bits per heavy atom. The quantitative estimate of drug-likeness (QED) is 0.585. The summed E-state index contributed by atoms with van der Waals surface area (Å²) in [4.78, 5) is 17.9. The van der Waals surface area contributed by atoms with Crippen LogP contribution in [0, 0.1) is 5.92 Å². The summed E-state index contributed by atoms with van der Waals surface area (Å²) in [5, 5.41) is 0. The molecule has 1 aliphatic rings. The number of rotatable bonds is 7. The highest BCUT2D eigenvalue weighted by molar-refractivity contribution is 5.91. The van der Waals surface area contributed by atoms with E-state index in [0.717, 1.165) is 0 Å². The lowest BCUT2D eigenvalue weighted by molar-refractivity contribution is -0.137. The lowest BCUT2D eigenvalue weighted by Gasteiger charge is -2.44. The third-order valence-electron chi connectivity index (χ3n) is 4.31. The Labute approximate surface area is 153 Å². The third kappa shape index (κ3) is 4.93. The highest BCUT2D eigenvalue weighted by Gasteiger charge is 2.48. The van der Waals surface area contributed by atoms with Gasteiger partial charge in [0.05, 0.1) is 12.3 Å². The van der Waals surface area contributed by atoms with Gasteiger partial charge >= 0.3 is 5.97 Å². The maximum Gasteiger partial charge on any atom is 0.331 e. The monoisotopic (exact) mass is 367 g/mol. The van der Waals surface area contributed by atoms with Gasteiger partial charge in [-0.3, -0.25) is 0 Å². The van der Waals surface area contributed by atoms with E-state index in [0.29, 0.717) is 35.8 Å². The van der Waals surface area contributed by atoms with E-state index in [1.54, 1.807) is 26.1 Å². The minimum Gasteiger partial charge on any atom is -0.463 e. The van der Waals surface area contributed by atoms with Crippen molar-refractivity contribution in [2.75, 3.05) is 23.8 Å². The summed E-state index contributed by atoms with van der Waals surface area (Å²) in [5.41, 5.74) is 7.96. The highest BCUT2D eigenvalue weighted by Crippen LogP contribution is 2.43. The van der Waals surface area contributed by atoms with E-state index in [1.807, 2.05) is 18.7 Å². The molecule has 0 radical (unpaired) electrons. The minimum absolute atomic E-state index is 0.176. The first-order chi connectivity index (χ1) is 12.1. The first-order valence-electron chi connectivity index (χ1n) is 8.88. The molecule has 1 aliphatic carbocycles. The van der Waals surface area contributed by atoms with Gasteiger partial charge in [0.1, 0.15) is 0 Å². The smallest absolute Gasteiger partial charge is 0.331 e. The molecule has 2 N–H and O–H groups in total. The van der Waals surface area contributed by atoms with Gasteiger partial charge in [0.15, 0.2) is 5.82 Å². The van der Waals surface area contributed by atoms with Gasteiger partial charge in [-0.1, -0.05) is 13.8 Å². The molecular formula is C19H27F2N3O2. The summed E-state index contributed by atoms with van der Waals surface area (Å²) in [6.45, 7) is 8.47. The van der Waals surface area contributed by atoms with Gasteiger partial charge in [0, 0.05) is 37.7 Å². The standard InChI is InChI=1S/C19H27F2N3O2/c1-5-26-17(25)6-13(4)14-7-16(22)18(23-10-14)24(11-12(2)3)15-8-19(20,21)9-15/h6-7,10,12,15H,5,8-9,11,22H2,1-4H3/b13-6+. The zero-order chi connectivity index (χ0) is 19.5. The first kappa shape index (κ1) is 20.1. The van der Waals surface area contributed by atoms with Crippen molar-refractivity contribution in [2.45, 2.75) is 52.5 Å². The number of esters is 1. The number of allylic oxidation sites excluding steroid dienone is 1. The van der Waals surface area contributed by atoms with Crippen LogP contribution in [-0.4, -0.2) is 36.1 Å². The number of anilines is 2. The normalized spacial score (nSPS) is 17.1. The molecule has 1 aromatic rings. The van der Waals surface area contributed by atoms with Crippen LogP contribution < -0.4 is 10.6 Å². The van der Waals surface area contributed by atoms with Crippen LogP contribution in [0.5, 0.6) is 0 Å². The minimum atomic E-state index is -2.60. The van der Waals surface area contributed by atoms with Gasteiger partial charge in [-0.25, -0.2) is 18.6 Å². The average molecular weight is 367 g/mol. The molecule has 0 amide bonds. The van der Waals surface area contributed by atoms with Crippen molar-refractivity contribution in [1.29, 1.82) is 0 Å². The van der Waals surface area contributed by atoms with Crippen LogP contribution >= 0.6 is 0 Å². The van der Waals surface area contributed by atoms with Gasteiger partial charge in [-0.05, 0) is 37.0 Å². The van der Waals surface area contributed by atoms with Crippen molar-refractivity contribution < 1.29 is 18.3 Å². The number of aromatic nitrogens is 1. The molecule has 0 saturated heterocycles. The third-order valence-corrected chi connectivity index (χ3v) is 4.31. The number of ether oxygens (including phenoxy) is 1. The number of pyridine rings is 1. The predicted molar refractivity (Wildman–Crippen MR) is 99.1 cm³/mol. The van der Waals surface area contributed by atoms with Crippen LogP contribution in [0.2, 0.25) is 0 Å². The molecule has 1 aromatic heterocycles. The lowest BCUT2D eigenvalue weighted by atomic mass is 9.86. The highest BCUT2D eigenvalue weighted by atomic mass is 19.3. The Kier molecular flexibility index (Phi) is 6.21. The van der Waals surface area contributed by atoms with Crippen molar-refractivity contribution >= 4 is 23.0 Å². The van der Waals surface area contributed by atoms with Gasteiger partial charge in [-0.15, -0.1) is 0 Å². The van der Waals surface area contributed by atoms with Crippen LogP contribution in [0.1, 0.15) is 46.1 Å². The molecule has 0 spiro atoms. The average Bonchev–Trinajstić information content (AvgIpc) is 2.50. The molecule has 7 heteroatoms. The molecular weight excluding hydrogens is 340 g/mol. The molecule has 2 rings (SSSR count). The van der Waals surface area contributed by atoms with Gasteiger partial charge < -0.3 is 15.4 Å². The van der Waals surface area contributed by atoms with Crippen LogP contribution in [0.15, 0.2) is 18.3 Å². The molecule has 1 saturated carbocycles. The van der Waals surface area contributed by atoms with Crippen LogP contribution in [0.25, 0.3) is 5.57 Å². The molecule has 1 fully saturated rings. The number of nitrogen functional groups attached to an aromatic ring is 1. The second-order valence-electron chi connectivity index (χ2n) is 7.18. The topological polar surface area (TPSA) is 68.5 Å². The van der Waals surface area contributed by atoms with E-state index >= 15 is 0 Å². The number of nitrogens with two attached hydrogens (primary N) is 1. The number of carbonyl (C=O) groups excluding carboxylic acids is 1. The Morgan fingerprint density at radius 3 is 2.65 bits per heavy atom. The summed E-state index contributed by atoms with van der Waals surface area (Å²) in [6.07, 6.45) is 2.65. The largest absolute Gasteiger partial charge is 0.463 e. The Bertz CT molecular complexity index is 681. The maximum absolute atomic E-state index is 13.3.